The molecule has 1 aliphatic heterocycles. The lowest BCUT2D eigenvalue weighted by atomic mass is 9.96. The first-order valence-electron chi connectivity index (χ1n) is 8.47. The Balaban J connectivity index is 1.47. The predicted molar refractivity (Wildman–Crippen MR) is 86.1 cm³/mol. The van der Waals surface area contributed by atoms with Crippen LogP contribution < -0.4 is 5.32 Å². The molecule has 1 saturated carbocycles. The Morgan fingerprint density at radius 1 is 1.09 bits per heavy atom. The summed E-state index contributed by atoms with van der Waals surface area (Å²) >= 11 is 0. The van der Waals surface area contributed by atoms with Crippen LogP contribution in [0, 0.1) is 0 Å². The van der Waals surface area contributed by atoms with E-state index in [0.29, 0.717) is 37.8 Å². The number of aryl methyl sites for hydroxylation is 1. The van der Waals surface area contributed by atoms with E-state index in [1.807, 2.05) is 4.90 Å². The molecule has 0 radical (unpaired) electrons. The molecule has 1 N–H and O–H groups in total. The normalized spacial score (nSPS) is 19.7. The Bertz CT molecular complexity index is 557. The van der Waals surface area contributed by atoms with E-state index in [1.165, 1.54) is 19.3 Å². The van der Waals surface area contributed by atoms with Crippen molar-refractivity contribution in [1.82, 2.24) is 24.9 Å². The van der Waals surface area contributed by atoms with Crippen molar-refractivity contribution in [1.29, 1.82) is 0 Å². The molecule has 1 aromatic heterocycles. The van der Waals surface area contributed by atoms with Gasteiger partial charge in [-0.05, 0) is 12.8 Å². The minimum atomic E-state index is -0.00885. The molecule has 0 bridgehead atoms. The molecule has 7 nitrogen and oxygen atoms in total. The highest BCUT2D eigenvalue weighted by atomic mass is 16.2. The maximum atomic E-state index is 12.4. The van der Waals surface area contributed by atoms with Crippen LogP contribution in [0.15, 0.2) is 12.4 Å². The average Bonchev–Trinajstić information content (AvgIpc) is 3.02. The van der Waals surface area contributed by atoms with Gasteiger partial charge in [0, 0.05) is 45.5 Å². The Kier molecular flexibility index (Phi) is 4.83. The first-order chi connectivity index (χ1) is 11.1. The summed E-state index contributed by atoms with van der Waals surface area (Å²) in [6.07, 6.45) is 9.18. The van der Waals surface area contributed by atoms with E-state index in [9.17, 15) is 9.59 Å². The number of carbonyl (C=O) groups excluding carboxylic acids is 2. The summed E-state index contributed by atoms with van der Waals surface area (Å²) in [5.41, 5.74) is 0.604. The van der Waals surface area contributed by atoms with E-state index >= 15 is 0 Å². The standard InChI is InChI=1S/C16H25N5O2/c1-19-12-13(11-17-19)15(22)20-7-9-21(10-8-20)16(23)18-14-5-3-2-4-6-14/h11-12,14H,2-10H2,1H3,(H,18,23). The summed E-state index contributed by atoms with van der Waals surface area (Å²) in [6, 6.07) is 0.344. The van der Waals surface area contributed by atoms with Gasteiger partial charge in [0.25, 0.3) is 5.91 Å². The van der Waals surface area contributed by atoms with Crippen molar-refractivity contribution < 1.29 is 9.59 Å². The number of aromatic nitrogens is 2. The molecule has 3 rings (SSSR count). The number of carbonyl (C=O) groups is 2. The molecule has 0 spiro atoms. The minimum absolute atomic E-state index is 0.00885. The zero-order valence-corrected chi connectivity index (χ0v) is 13.7. The zero-order chi connectivity index (χ0) is 16.2. The highest BCUT2D eigenvalue weighted by molar-refractivity contribution is 5.93. The quantitative estimate of drug-likeness (QED) is 0.891. The number of amides is 3. The molecule has 0 unspecified atom stereocenters. The smallest absolute Gasteiger partial charge is 0.317 e. The monoisotopic (exact) mass is 319 g/mol. The number of nitrogens with zero attached hydrogens (tertiary/aromatic N) is 4. The lowest BCUT2D eigenvalue weighted by Gasteiger charge is -2.35. The second kappa shape index (κ2) is 7.02. The first kappa shape index (κ1) is 15.8. The second-order valence-corrected chi connectivity index (χ2v) is 6.47. The molecule has 2 heterocycles. The van der Waals surface area contributed by atoms with Gasteiger partial charge in [-0.1, -0.05) is 19.3 Å². The van der Waals surface area contributed by atoms with Gasteiger partial charge < -0.3 is 15.1 Å². The highest BCUT2D eigenvalue weighted by Crippen LogP contribution is 2.18. The lowest BCUT2D eigenvalue weighted by Crippen LogP contribution is -2.54. The Morgan fingerprint density at radius 3 is 2.35 bits per heavy atom. The number of urea groups is 1. The van der Waals surface area contributed by atoms with Crippen LogP contribution in [0.4, 0.5) is 4.79 Å². The largest absolute Gasteiger partial charge is 0.335 e. The van der Waals surface area contributed by atoms with E-state index in [4.69, 9.17) is 0 Å². The van der Waals surface area contributed by atoms with E-state index in [2.05, 4.69) is 10.4 Å². The fourth-order valence-corrected chi connectivity index (χ4v) is 3.34. The number of piperazine rings is 1. The van der Waals surface area contributed by atoms with Gasteiger partial charge in [-0.25, -0.2) is 4.79 Å². The molecule has 3 amide bonds. The zero-order valence-electron chi connectivity index (χ0n) is 13.7. The Morgan fingerprint density at radius 2 is 1.74 bits per heavy atom. The molecule has 2 fully saturated rings. The van der Waals surface area contributed by atoms with E-state index in [1.54, 1.807) is 29.0 Å². The van der Waals surface area contributed by atoms with Gasteiger partial charge in [0.2, 0.25) is 0 Å². The van der Waals surface area contributed by atoms with Crippen LogP contribution in [0.5, 0.6) is 0 Å². The molecule has 0 aromatic carbocycles. The van der Waals surface area contributed by atoms with Gasteiger partial charge in [0.05, 0.1) is 11.8 Å². The lowest BCUT2D eigenvalue weighted by molar-refractivity contribution is 0.0662. The number of hydrogen-bond acceptors (Lipinski definition) is 3. The molecular formula is C16H25N5O2. The molecule has 1 aromatic rings. The molecule has 1 saturated heterocycles. The summed E-state index contributed by atoms with van der Waals surface area (Å²) in [5.74, 6) is -0.00885. The number of rotatable bonds is 2. The molecule has 1 aliphatic carbocycles. The number of nitrogens with one attached hydrogen (secondary N) is 1. The summed E-state index contributed by atoms with van der Waals surface area (Å²) < 4.78 is 1.63. The summed E-state index contributed by atoms with van der Waals surface area (Å²) in [5, 5.41) is 7.17. The van der Waals surface area contributed by atoms with E-state index < -0.39 is 0 Å². The Labute approximate surface area is 136 Å². The molecule has 0 atom stereocenters. The summed E-state index contributed by atoms with van der Waals surface area (Å²) in [7, 11) is 1.80. The maximum Gasteiger partial charge on any atom is 0.317 e. The SMILES string of the molecule is Cn1cc(C(=O)N2CCN(C(=O)NC3CCCCC3)CC2)cn1. The number of hydrogen-bond donors (Lipinski definition) is 1. The molecule has 7 heteroatoms. The third-order valence-electron chi connectivity index (χ3n) is 4.74. The van der Waals surface area contributed by atoms with E-state index in [0.717, 1.165) is 12.8 Å². The van der Waals surface area contributed by atoms with Crippen LogP contribution in [-0.4, -0.2) is 63.7 Å². The van der Waals surface area contributed by atoms with Crippen molar-refractivity contribution >= 4 is 11.9 Å². The van der Waals surface area contributed by atoms with Crippen LogP contribution in [0.2, 0.25) is 0 Å². The van der Waals surface area contributed by atoms with Gasteiger partial charge in [0.15, 0.2) is 0 Å². The molecule has 2 aliphatic rings. The Hall–Kier alpha value is -2.05. The first-order valence-corrected chi connectivity index (χ1v) is 8.47. The second-order valence-electron chi connectivity index (χ2n) is 6.47. The third kappa shape index (κ3) is 3.83. The van der Waals surface area contributed by atoms with Crippen molar-refractivity contribution in [3.05, 3.63) is 18.0 Å². The topological polar surface area (TPSA) is 70.5 Å². The van der Waals surface area contributed by atoms with Crippen molar-refractivity contribution in [3.63, 3.8) is 0 Å². The van der Waals surface area contributed by atoms with Gasteiger partial charge in [-0.3, -0.25) is 9.48 Å². The fraction of sp³-hybridized carbons (Fsp3) is 0.688. The van der Waals surface area contributed by atoms with Gasteiger partial charge in [-0.15, -0.1) is 0 Å². The molecule has 126 valence electrons. The summed E-state index contributed by atoms with van der Waals surface area (Å²) in [4.78, 5) is 28.3. The van der Waals surface area contributed by atoms with Crippen LogP contribution >= 0.6 is 0 Å². The van der Waals surface area contributed by atoms with Gasteiger partial charge in [-0.2, -0.15) is 5.10 Å². The molecule has 23 heavy (non-hydrogen) atoms. The van der Waals surface area contributed by atoms with Crippen molar-refractivity contribution in [2.24, 2.45) is 7.05 Å². The van der Waals surface area contributed by atoms with Gasteiger partial charge >= 0.3 is 6.03 Å². The van der Waals surface area contributed by atoms with Crippen molar-refractivity contribution in [3.8, 4) is 0 Å². The fourth-order valence-electron chi connectivity index (χ4n) is 3.34. The highest BCUT2D eigenvalue weighted by Gasteiger charge is 2.26. The van der Waals surface area contributed by atoms with Crippen LogP contribution in [0.3, 0.4) is 0 Å². The summed E-state index contributed by atoms with van der Waals surface area (Å²) in [6.45, 7) is 2.33. The van der Waals surface area contributed by atoms with E-state index in [-0.39, 0.29) is 11.9 Å². The minimum Gasteiger partial charge on any atom is -0.335 e. The average molecular weight is 319 g/mol. The van der Waals surface area contributed by atoms with Crippen LogP contribution in [0.1, 0.15) is 42.5 Å². The van der Waals surface area contributed by atoms with Crippen LogP contribution in [0.25, 0.3) is 0 Å². The molecular weight excluding hydrogens is 294 g/mol. The van der Waals surface area contributed by atoms with Crippen LogP contribution in [-0.2, 0) is 7.05 Å². The predicted octanol–water partition coefficient (Wildman–Crippen LogP) is 1.22. The maximum absolute atomic E-state index is 12.4. The van der Waals surface area contributed by atoms with Gasteiger partial charge in [0.1, 0.15) is 0 Å². The van der Waals surface area contributed by atoms with Crippen molar-refractivity contribution in [2.75, 3.05) is 26.2 Å². The van der Waals surface area contributed by atoms with Crippen molar-refractivity contribution in [2.45, 2.75) is 38.1 Å². The third-order valence-corrected chi connectivity index (χ3v) is 4.74.